The third-order valence-electron chi connectivity index (χ3n) is 6.51. The third kappa shape index (κ3) is 6.60. The molecule has 2 N–H and O–H groups in total. The molecule has 42 heavy (non-hydrogen) atoms. The van der Waals surface area contributed by atoms with E-state index in [4.69, 9.17) is 21.1 Å². The Bertz CT molecular complexity index is 1540. The number of amides is 2. The van der Waals surface area contributed by atoms with E-state index < -0.39 is 88.4 Å². The quantitative estimate of drug-likeness (QED) is 0.476. The van der Waals surface area contributed by atoms with Crippen LogP contribution in [0, 0.1) is 11.7 Å². The van der Waals surface area contributed by atoms with Gasteiger partial charge in [0.25, 0.3) is 5.56 Å². The summed E-state index contributed by atoms with van der Waals surface area (Å²) in [6.45, 7) is 8.12. The van der Waals surface area contributed by atoms with Gasteiger partial charge in [-0.3, -0.25) is 9.36 Å². The number of benzene rings is 1. The Labute approximate surface area is 242 Å². The van der Waals surface area contributed by atoms with E-state index in [9.17, 15) is 32.3 Å². The largest absolute Gasteiger partial charge is 0.444 e. The van der Waals surface area contributed by atoms with Crippen LogP contribution in [0.3, 0.4) is 0 Å². The van der Waals surface area contributed by atoms with Crippen molar-refractivity contribution in [2.24, 2.45) is 5.92 Å². The number of alkyl carbamates (subject to hydrolysis) is 1. The Morgan fingerprint density at radius 1 is 0.976 bits per heavy atom. The summed E-state index contributed by atoms with van der Waals surface area (Å²) in [6.07, 6.45) is -5.94. The highest BCUT2D eigenvalue weighted by Gasteiger charge is 2.51. The molecule has 1 aliphatic heterocycles. The van der Waals surface area contributed by atoms with Crippen LogP contribution in [-0.2, 0) is 9.47 Å². The van der Waals surface area contributed by atoms with Crippen molar-refractivity contribution < 1.29 is 36.6 Å². The first-order valence-electron chi connectivity index (χ1n) is 13.2. The zero-order valence-electron chi connectivity index (χ0n) is 23.8. The number of carbonyl (C=O) groups excluding carboxylic acids is 2. The molecule has 232 valence electrons. The lowest BCUT2D eigenvalue weighted by Gasteiger charge is -2.25. The molecule has 1 saturated heterocycles. The van der Waals surface area contributed by atoms with Gasteiger partial charge in [-0.1, -0.05) is 11.6 Å². The van der Waals surface area contributed by atoms with Crippen molar-refractivity contribution in [3.8, 4) is 0 Å². The Morgan fingerprint density at radius 3 is 2.07 bits per heavy atom. The molecule has 16 heteroatoms. The van der Waals surface area contributed by atoms with Crippen LogP contribution in [0.15, 0.2) is 15.7 Å². The molecule has 0 radical (unpaired) electrons. The average Bonchev–Trinajstić information content (AvgIpc) is 3.54. The van der Waals surface area contributed by atoms with Gasteiger partial charge in [0, 0.05) is 19.1 Å². The number of fused-ring (bicyclic) bond motifs is 1. The van der Waals surface area contributed by atoms with Gasteiger partial charge in [-0.05, 0) is 60.5 Å². The van der Waals surface area contributed by atoms with Crippen LogP contribution in [-0.4, -0.2) is 57.9 Å². The molecule has 2 amide bonds. The number of nitrogens with one attached hydrogen (secondary N) is 2. The fourth-order valence-corrected chi connectivity index (χ4v) is 5.19. The van der Waals surface area contributed by atoms with Crippen molar-refractivity contribution in [2.75, 3.05) is 23.4 Å². The van der Waals surface area contributed by atoms with Crippen molar-refractivity contribution >= 4 is 40.4 Å². The number of hydrogen-bond donors (Lipinski definition) is 2. The van der Waals surface area contributed by atoms with Crippen LogP contribution in [0.5, 0.6) is 0 Å². The number of alkyl halides is 3. The lowest BCUT2D eigenvalue weighted by atomic mass is 10.0. The predicted octanol–water partition coefficient (Wildman–Crippen LogP) is 4.66. The lowest BCUT2D eigenvalue weighted by molar-refractivity contribution is -0.173. The maximum atomic E-state index is 15.6. The van der Waals surface area contributed by atoms with Gasteiger partial charge in [0.2, 0.25) is 0 Å². The van der Waals surface area contributed by atoms with Gasteiger partial charge < -0.3 is 19.7 Å². The average molecular weight is 622 g/mol. The van der Waals surface area contributed by atoms with Gasteiger partial charge in [0.05, 0.1) is 33.6 Å². The van der Waals surface area contributed by atoms with Crippen LogP contribution in [0.2, 0.25) is 5.02 Å². The van der Waals surface area contributed by atoms with Crippen LogP contribution < -0.4 is 26.9 Å². The molecule has 4 rings (SSSR count). The molecule has 0 bridgehead atoms. The third-order valence-corrected chi connectivity index (χ3v) is 6.87. The number of ether oxygens (including phenoxy) is 2. The number of nitrogens with zero attached hydrogens (tertiary/aromatic N) is 3. The SMILES string of the molecule is CC(C)(C)OC(=O)NC1CN(c2c(F)cc3c(=O)n(NC(=O)OC(C)(C)C)c(=O)n(C4CC4)c3c2Cl)CC1C(F)(F)F. The minimum Gasteiger partial charge on any atom is -0.444 e. The normalized spacial score (nSPS) is 19.6. The maximum Gasteiger partial charge on any atom is 0.427 e. The maximum absolute atomic E-state index is 15.6. The second-order valence-electron chi connectivity index (χ2n) is 12.4. The van der Waals surface area contributed by atoms with Crippen LogP contribution in [0.25, 0.3) is 10.9 Å². The number of carbonyl (C=O) groups is 2. The molecule has 2 heterocycles. The highest BCUT2D eigenvalue weighted by atomic mass is 35.5. The summed E-state index contributed by atoms with van der Waals surface area (Å²) in [4.78, 5) is 52.3. The van der Waals surface area contributed by atoms with Gasteiger partial charge in [0.15, 0.2) is 0 Å². The van der Waals surface area contributed by atoms with E-state index in [-0.39, 0.29) is 10.9 Å². The topological polar surface area (TPSA) is 124 Å². The molecule has 2 aromatic rings. The van der Waals surface area contributed by atoms with E-state index in [1.807, 2.05) is 0 Å². The fraction of sp³-hybridized carbons (Fsp3) is 0.615. The van der Waals surface area contributed by atoms with E-state index in [1.54, 1.807) is 41.5 Å². The summed E-state index contributed by atoms with van der Waals surface area (Å²) >= 11 is 6.60. The number of rotatable bonds is 4. The van der Waals surface area contributed by atoms with Crippen molar-refractivity contribution in [1.29, 1.82) is 0 Å². The number of hydrogen-bond acceptors (Lipinski definition) is 7. The summed E-state index contributed by atoms with van der Waals surface area (Å²) in [7, 11) is 0. The Balaban J connectivity index is 1.80. The van der Waals surface area contributed by atoms with Crippen molar-refractivity contribution in [2.45, 2.75) is 83.8 Å². The number of anilines is 1. The minimum absolute atomic E-state index is 0.181. The predicted molar refractivity (Wildman–Crippen MR) is 146 cm³/mol. The molecule has 1 aromatic carbocycles. The van der Waals surface area contributed by atoms with Gasteiger partial charge >= 0.3 is 24.1 Å². The molecule has 2 atom stereocenters. The van der Waals surface area contributed by atoms with Gasteiger partial charge in [-0.2, -0.15) is 17.8 Å². The summed E-state index contributed by atoms with van der Waals surface area (Å²) in [5.74, 6) is -3.24. The van der Waals surface area contributed by atoms with Crippen molar-refractivity contribution in [1.82, 2.24) is 14.6 Å². The summed E-state index contributed by atoms with van der Waals surface area (Å²) in [6, 6.07) is -1.20. The van der Waals surface area contributed by atoms with Crippen LogP contribution >= 0.6 is 11.6 Å². The Hall–Kier alpha value is -3.49. The highest BCUT2D eigenvalue weighted by Crippen LogP contribution is 2.43. The van der Waals surface area contributed by atoms with Crippen LogP contribution in [0.1, 0.15) is 60.4 Å². The van der Waals surface area contributed by atoms with Crippen molar-refractivity contribution in [3.05, 3.63) is 37.7 Å². The molecule has 11 nitrogen and oxygen atoms in total. The standard InChI is InChI=1S/C26H32ClF4N5O6/c1-24(2,3)41-21(38)32-16-11-34(10-14(16)26(29,30)31)19-15(28)9-13-18(17(19)27)35(12-7-8-12)23(40)36(20(13)37)33-22(39)42-25(4,5)6/h9,12,14,16H,7-8,10-11H2,1-6H3,(H,32,38)(H,33,39). The molecule has 2 aliphatic rings. The summed E-state index contributed by atoms with van der Waals surface area (Å²) in [5.41, 5.74) is -2.58. The second-order valence-corrected chi connectivity index (χ2v) is 12.7. The van der Waals surface area contributed by atoms with Crippen LogP contribution in [0.4, 0.5) is 32.8 Å². The first kappa shape index (κ1) is 31.4. The fourth-order valence-electron chi connectivity index (χ4n) is 4.78. The van der Waals surface area contributed by atoms with Gasteiger partial charge in [-0.25, -0.2) is 24.2 Å². The lowest BCUT2D eigenvalue weighted by Crippen LogP contribution is -2.48. The molecule has 1 saturated carbocycles. The molecule has 0 spiro atoms. The van der Waals surface area contributed by atoms with Gasteiger partial charge in [-0.15, -0.1) is 0 Å². The monoisotopic (exact) mass is 621 g/mol. The molecule has 1 aromatic heterocycles. The Kier molecular flexibility index (Phi) is 7.98. The van der Waals surface area contributed by atoms with Gasteiger partial charge in [0.1, 0.15) is 17.0 Å². The van der Waals surface area contributed by atoms with E-state index >= 15 is 4.39 Å². The first-order chi connectivity index (χ1) is 19.2. The summed E-state index contributed by atoms with van der Waals surface area (Å²) in [5, 5.41) is 1.39. The van der Waals surface area contributed by atoms with E-state index in [0.717, 1.165) is 15.5 Å². The second kappa shape index (κ2) is 10.7. The number of halogens is 5. The molecule has 2 fully saturated rings. The van der Waals surface area contributed by atoms with E-state index in [2.05, 4.69) is 10.7 Å². The van der Waals surface area contributed by atoms with E-state index in [0.29, 0.717) is 17.5 Å². The smallest absolute Gasteiger partial charge is 0.427 e. The van der Waals surface area contributed by atoms with E-state index in [1.165, 1.54) is 0 Å². The molecule has 1 aliphatic carbocycles. The minimum atomic E-state index is -4.77. The number of aromatic nitrogens is 2. The first-order valence-corrected chi connectivity index (χ1v) is 13.6. The molecular formula is C26H32ClF4N5O6. The summed E-state index contributed by atoms with van der Waals surface area (Å²) < 4.78 is 69.4. The molecular weight excluding hydrogens is 590 g/mol. The van der Waals surface area contributed by atoms with Crippen molar-refractivity contribution in [3.63, 3.8) is 0 Å². The highest BCUT2D eigenvalue weighted by molar-refractivity contribution is 6.38. The Morgan fingerprint density at radius 2 is 1.55 bits per heavy atom. The zero-order valence-corrected chi connectivity index (χ0v) is 24.6. The zero-order chi connectivity index (χ0) is 31.5. The molecule has 2 unspecified atom stereocenters.